The van der Waals surface area contributed by atoms with E-state index in [1.54, 1.807) is 0 Å². The molecular weight excluding hydrogens is 1020 g/mol. The van der Waals surface area contributed by atoms with Gasteiger partial charge in [0.05, 0.1) is 0 Å². The molecule has 0 N–H and O–H groups in total. The number of para-hydroxylation sites is 5. The van der Waals surface area contributed by atoms with Crippen LogP contribution in [0, 0.1) is 0 Å². The first-order valence-electron chi connectivity index (χ1n) is 27.9. The Morgan fingerprint density at radius 3 is 1.17 bits per heavy atom. The molecule has 0 spiro atoms. The van der Waals surface area contributed by atoms with Crippen LogP contribution < -0.4 is 14.7 Å². The van der Waals surface area contributed by atoms with E-state index in [1.165, 1.54) is 31.8 Å². The lowest BCUT2D eigenvalue weighted by Crippen LogP contribution is -2.13. The van der Waals surface area contributed by atoms with Gasteiger partial charge in [0.2, 0.25) is 0 Å². The van der Waals surface area contributed by atoms with Gasteiger partial charge in [0.25, 0.3) is 0 Å². The van der Waals surface area contributed by atoms with Gasteiger partial charge in [-0.3, -0.25) is 0 Å². The summed E-state index contributed by atoms with van der Waals surface area (Å²) in [4.78, 5) is 9.49. The molecule has 15 rings (SSSR count). The number of aryl methyl sites for hydroxylation is 1. The molecule has 1 aliphatic carbocycles. The summed E-state index contributed by atoms with van der Waals surface area (Å²) in [5.74, 6) is 0.981. The van der Waals surface area contributed by atoms with Crippen molar-refractivity contribution >= 4 is 102 Å². The number of furan rings is 2. The Balaban J connectivity index is 0.781. The van der Waals surface area contributed by atoms with Gasteiger partial charge in [-0.25, -0.2) is 0 Å². The third-order valence-corrected chi connectivity index (χ3v) is 17.0. The van der Waals surface area contributed by atoms with E-state index in [2.05, 4.69) is 300 Å². The van der Waals surface area contributed by atoms with E-state index < -0.39 is 0 Å². The molecular formula is C76H53N3O2S. The van der Waals surface area contributed by atoms with Crippen LogP contribution in [-0.2, 0) is 6.42 Å². The van der Waals surface area contributed by atoms with Gasteiger partial charge >= 0.3 is 0 Å². The van der Waals surface area contributed by atoms with Crippen LogP contribution in [0.5, 0.6) is 0 Å². The van der Waals surface area contributed by atoms with Crippen LogP contribution in [0.2, 0.25) is 0 Å². The van der Waals surface area contributed by atoms with Gasteiger partial charge in [-0.2, -0.15) is 0 Å². The average molecular weight is 1070 g/mol. The van der Waals surface area contributed by atoms with Crippen LogP contribution in [0.25, 0.3) is 82.1 Å². The van der Waals surface area contributed by atoms with Crippen molar-refractivity contribution in [3.05, 3.63) is 303 Å². The summed E-state index contributed by atoms with van der Waals surface area (Å²) in [6.45, 7) is 0. The van der Waals surface area contributed by atoms with Crippen molar-refractivity contribution in [2.45, 2.75) is 12.8 Å². The van der Waals surface area contributed by atoms with Crippen LogP contribution in [-0.4, -0.2) is 0 Å². The summed E-state index contributed by atoms with van der Waals surface area (Å²) >= 11 is 1.82. The van der Waals surface area contributed by atoms with Crippen molar-refractivity contribution in [1.82, 2.24) is 0 Å². The Labute approximate surface area is 480 Å². The van der Waals surface area contributed by atoms with Crippen molar-refractivity contribution < 1.29 is 8.83 Å². The first-order valence-corrected chi connectivity index (χ1v) is 28.8. The highest BCUT2D eigenvalue weighted by molar-refractivity contribution is 7.18. The van der Waals surface area contributed by atoms with E-state index in [9.17, 15) is 0 Å². The van der Waals surface area contributed by atoms with Crippen LogP contribution in [0.3, 0.4) is 0 Å². The minimum absolute atomic E-state index is 0.896. The molecule has 0 atom stereocenters. The standard InChI is InChI=1S/C76H53N3O2S/c1-4-16-54(17-5-1)73-50-51-74(82-73)55-34-40-60(41-35-55)79(63-46-42-61(43-47-63)77(56-18-6-2-7-19-56)58-36-30-52(31-37-58)65-24-14-26-69-67-22-10-12-28-71(67)80-75(65)69)64-48-44-62(45-49-64)78(57-20-8-3-9-21-57)59-38-32-53(33-39-59)66-25-15-27-70-68-23-11-13-29-72(68)81-76(66)70/h1-10,12-22,24-51H,11,23H2. The number of hydrogen-bond donors (Lipinski definition) is 0. The molecule has 0 aliphatic heterocycles. The highest BCUT2D eigenvalue weighted by Gasteiger charge is 2.22. The van der Waals surface area contributed by atoms with Gasteiger partial charge < -0.3 is 23.5 Å². The zero-order valence-corrected chi connectivity index (χ0v) is 45.6. The Morgan fingerprint density at radius 1 is 0.293 bits per heavy atom. The van der Waals surface area contributed by atoms with Gasteiger partial charge in [-0.05, 0) is 169 Å². The minimum Gasteiger partial charge on any atom is -0.456 e. The summed E-state index contributed by atoms with van der Waals surface area (Å²) in [5.41, 5.74) is 20.3. The molecule has 82 heavy (non-hydrogen) atoms. The van der Waals surface area contributed by atoms with E-state index in [1.807, 2.05) is 23.5 Å². The first kappa shape index (κ1) is 48.7. The molecule has 0 saturated heterocycles. The zero-order chi connectivity index (χ0) is 54.3. The summed E-state index contributed by atoms with van der Waals surface area (Å²) in [5, 5.41) is 3.45. The van der Waals surface area contributed by atoms with Gasteiger partial charge in [0, 0.05) is 93.8 Å². The monoisotopic (exact) mass is 1070 g/mol. The highest BCUT2D eigenvalue weighted by atomic mass is 32.1. The summed E-state index contributed by atoms with van der Waals surface area (Å²) in [6.07, 6.45) is 6.37. The van der Waals surface area contributed by atoms with E-state index in [4.69, 9.17) is 8.83 Å². The van der Waals surface area contributed by atoms with Gasteiger partial charge in [-0.1, -0.05) is 164 Å². The summed E-state index contributed by atoms with van der Waals surface area (Å²) < 4.78 is 13.0. The topological polar surface area (TPSA) is 36.0 Å². The second-order valence-corrected chi connectivity index (χ2v) is 21.8. The van der Waals surface area contributed by atoms with Crippen LogP contribution in [0.4, 0.5) is 51.2 Å². The molecule has 0 unspecified atom stereocenters. The maximum absolute atomic E-state index is 6.51. The van der Waals surface area contributed by atoms with Crippen molar-refractivity contribution in [2.24, 2.45) is 0 Å². The SMILES string of the molecule is C1=Cc2oc3c(-c4ccc(N(c5ccccc5)c5ccc(N(c6ccc(-c7ccc(-c8ccccc8)s7)cc6)c6ccc(N(c7ccccc7)c7ccc(-c8cccc9c8oc8ccccc89)cc7)cc6)cc5)cc4)cccc3c2CC1. The maximum Gasteiger partial charge on any atom is 0.143 e. The fraction of sp³-hybridized carbons (Fsp3) is 0.0263. The third kappa shape index (κ3) is 9.02. The van der Waals surface area contributed by atoms with Gasteiger partial charge in [-0.15, -0.1) is 11.3 Å². The number of allylic oxidation sites excluding steroid dienone is 1. The Bertz CT molecular complexity index is 4580. The van der Waals surface area contributed by atoms with Crippen molar-refractivity contribution in [3.8, 4) is 43.1 Å². The molecule has 390 valence electrons. The molecule has 0 bridgehead atoms. The molecule has 0 amide bonds. The number of anilines is 9. The van der Waals surface area contributed by atoms with E-state index >= 15 is 0 Å². The smallest absolute Gasteiger partial charge is 0.143 e. The van der Waals surface area contributed by atoms with E-state index in [0.717, 1.165) is 120 Å². The average Bonchev–Trinajstić information content (AvgIpc) is 4.48. The molecule has 5 nitrogen and oxygen atoms in total. The number of nitrogens with zero attached hydrogens (tertiary/aromatic N) is 3. The van der Waals surface area contributed by atoms with Crippen LogP contribution in [0.1, 0.15) is 17.7 Å². The third-order valence-electron chi connectivity index (χ3n) is 15.8. The second kappa shape index (κ2) is 21.0. The molecule has 0 saturated carbocycles. The Morgan fingerprint density at radius 2 is 0.671 bits per heavy atom. The summed E-state index contributed by atoms with van der Waals surface area (Å²) in [7, 11) is 0. The first-order chi connectivity index (χ1) is 40.6. The predicted octanol–water partition coefficient (Wildman–Crippen LogP) is 22.4. The van der Waals surface area contributed by atoms with Crippen LogP contribution >= 0.6 is 11.3 Å². The lowest BCUT2D eigenvalue weighted by molar-refractivity contribution is 0.596. The van der Waals surface area contributed by atoms with E-state index in [0.29, 0.717) is 0 Å². The fourth-order valence-corrected chi connectivity index (χ4v) is 12.8. The predicted molar refractivity (Wildman–Crippen MR) is 345 cm³/mol. The van der Waals surface area contributed by atoms with Crippen LogP contribution in [0.15, 0.2) is 300 Å². The number of rotatable bonds is 13. The molecule has 11 aromatic carbocycles. The normalized spacial score (nSPS) is 12.0. The van der Waals surface area contributed by atoms with Crippen molar-refractivity contribution in [1.29, 1.82) is 0 Å². The number of benzene rings is 11. The quantitative estimate of drug-likeness (QED) is 0.115. The Hall–Kier alpha value is -10.4. The summed E-state index contributed by atoms with van der Waals surface area (Å²) in [6, 6.07) is 102. The largest absolute Gasteiger partial charge is 0.456 e. The lowest BCUT2D eigenvalue weighted by Gasteiger charge is -2.29. The maximum atomic E-state index is 6.51. The highest BCUT2D eigenvalue weighted by Crippen LogP contribution is 2.45. The number of fused-ring (bicyclic) bond motifs is 6. The van der Waals surface area contributed by atoms with Gasteiger partial charge in [0.1, 0.15) is 22.5 Å². The molecule has 0 radical (unpaired) electrons. The minimum atomic E-state index is 0.896. The number of thiophene rings is 1. The molecule has 1 aliphatic rings. The molecule has 3 heterocycles. The molecule has 6 heteroatoms. The van der Waals surface area contributed by atoms with Gasteiger partial charge in [0.15, 0.2) is 0 Å². The fourth-order valence-electron chi connectivity index (χ4n) is 11.8. The van der Waals surface area contributed by atoms with E-state index in [-0.39, 0.29) is 0 Å². The zero-order valence-electron chi connectivity index (χ0n) is 44.8. The van der Waals surface area contributed by atoms with Crippen molar-refractivity contribution in [3.63, 3.8) is 0 Å². The second-order valence-electron chi connectivity index (χ2n) is 20.7. The molecule has 14 aromatic rings. The van der Waals surface area contributed by atoms with Crippen molar-refractivity contribution in [2.75, 3.05) is 14.7 Å². The number of hydrogen-bond acceptors (Lipinski definition) is 6. The molecule has 0 fully saturated rings. The Kier molecular flexibility index (Phi) is 12.5. The molecule has 3 aromatic heterocycles. The lowest BCUT2D eigenvalue weighted by atomic mass is 9.98.